The van der Waals surface area contributed by atoms with Gasteiger partial charge in [0.25, 0.3) is 0 Å². The second-order valence-electron chi connectivity index (χ2n) is 7.58. The molecule has 7 heteroatoms. The van der Waals surface area contributed by atoms with E-state index in [1.807, 2.05) is 6.92 Å². The van der Waals surface area contributed by atoms with E-state index in [0.29, 0.717) is 26.3 Å². The topological polar surface area (TPSA) is 66.9 Å². The number of nitrogens with zero attached hydrogens (tertiary/aromatic N) is 3. The minimum atomic E-state index is -0.232. The number of nitrogens with one attached hydrogen (secondary N) is 1. The third kappa shape index (κ3) is 5.36. The molecule has 1 aromatic heterocycles. The number of fused-ring (bicyclic) bond motifs is 1. The molecule has 7 nitrogen and oxygen atoms in total. The van der Waals surface area contributed by atoms with Gasteiger partial charge in [-0.3, -0.25) is 0 Å². The van der Waals surface area contributed by atoms with Crippen LogP contribution in [-0.4, -0.2) is 68.5 Å². The Bertz CT molecular complexity index is 834. The highest BCUT2D eigenvalue weighted by atomic mass is 16.6. The van der Waals surface area contributed by atoms with Crippen LogP contribution in [-0.2, 0) is 16.0 Å². The van der Waals surface area contributed by atoms with Gasteiger partial charge >= 0.3 is 6.09 Å². The van der Waals surface area contributed by atoms with Crippen molar-refractivity contribution in [1.82, 2.24) is 15.2 Å². The van der Waals surface area contributed by atoms with Crippen LogP contribution in [0.25, 0.3) is 10.9 Å². The summed E-state index contributed by atoms with van der Waals surface area (Å²) in [7, 11) is 1.72. The second-order valence-corrected chi connectivity index (χ2v) is 7.58. The van der Waals surface area contributed by atoms with Crippen LogP contribution >= 0.6 is 0 Å². The summed E-state index contributed by atoms with van der Waals surface area (Å²) in [4.78, 5) is 21.0. The molecule has 2 aromatic rings. The van der Waals surface area contributed by atoms with Gasteiger partial charge in [0.1, 0.15) is 5.82 Å². The fraction of sp³-hybridized carbons (Fsp3) is 0.545. The van der Waals surface area contributed by atoms with Gasteiger partial charge in [-0.15, -0.1) is 0 Å². The van der Waals surface area contributed by atoms with Crippen molar-refractivity contribution in [3.63, 3.8) is 0 Å². The van der Waals surface area contributed by atoms with Crippen molar-refractivity contribution < 1.29 is 14.3 Å². The molecule has 1 unspecified atom stereocenters. The minimum Gasteiger partial charge on any atom is -0.450 e. The first-order valence-corrected chi connectivity index (χ1v) is 10.3. The monoisotopic (exact) mass is 400 g/mol. The molecule has 3 rings (SSSR count). The number of benzene rings is 1. The zero-order valence-corrected chi connectivity index (χ0v) is 17.9. The van der Waals surface area contributed by atoms with Crippen molar-refractivity contribution in [1.29, 1.82) is 0 Å². The number of carbonyl (C=O) groups is 1. The molecule has 1 atom stereocenters. The highest BCUT2D eigenvalue weighted by Crippen LogP contribution is 2.26. The van der Waals surface area contributed by atoms with Crippen LogP contribution in [0.5, 0.6) is 0 Å². The summed E-state index contributed by atoms with van der Waals surface area (Å²) in [5.74, 6) is 0.988. The molecule has 1 aromatic carbocycles. The van der Waals surface area contributed by atoms with Gasteiger partial charge in [0.15, 0.2) is 0 Å². The van der Waals surface area contributed by atoms with Gasteiger partial charge in [-0.05, 0) is 39.0 Å². The number of aromatic nitrogens is 1. The average Bonchev–Trinajstić information content (AvgIpc) is 2.72. The predicted molar refractivity (Wildman–Crippen MR) is 115 cm³/mol. The van der Waals surface area contributed by atoms with Crippen molar-refractivity contribution in [3.8, 4) is 0 Å². The van der Waals surface area contributed by atoms with E-state index in [4.69, 9.17) is 14.5 Å². The average molecular weight is 401 g/mol. The highest BCUT2D eigenvalue weighted by molar-refractivity contribution is 5.82. The summed E-state index contributed by atoms with van der Waals surface area (Å²) >= 11 is 0. The summed E-state index contributed by atoms with van der Waals surface area (Å²) in [6.07, 6.45) is -0.232. The number of pyridine rings is 1. The van der Waals surface area contributed by atoms with Crippen LogP contribution in [0, 0.1) is 6.92 Å². The number of piperazine rings is 1. The zero-order valence-electron chi connectivity index (χ0n) is 17.9. The molecule has 1 fully saturated rings. The molecule has 158 valence electrons. The molecule has 0 aliphatic carbocycles. The van der Waals surface area contributed by atoms with E-state index in [9.17, 15) is 4.79 Å². The van der Waals surface area contributed by atoms with Crippen molar-refractivity contribution in [3.05, 3.63) is 35.4 Å². The third-order valence-electron chi connectivity index (χ3n) is 5.19. The van der Waals surface area contributed by atoms with Crippen molar-refractivity contribution in [2.24, 2.45) is 0 Å². The molecule has 2 heterocycles. The standard InChI is InChI=1S/C22H32N4O3/c1-5-29-22(27)26-10-8-25(9-11-26)21-19(14-23-17(3)15-28-4)13-18-12-16(2)6-7-20(18)24-21/h6-7,12-13,17,23H,5,8-11,14-15H2,1-4H3. The van der Waals surface area contributed by atoms with Crippen molar-refractivity contribution >= 4 is 22.8 Å². The SMILES string of the molecule is CCOC(=O)N1CCN(c2nc3ccc(C)cc3cc2CNC(C)COC)CC1. The number of amides is 1. The lowest BCUT2D eigenvalue weighted by Gasteiger charge is -2.35. The molecule has 0 bridgehead atoms. The van der Waals surface area contributed by atoms with Crippen LogP contribution in [0.3, 0.4) is 0 Å². The lowest BCUT2D eigenvalue weighted by Crippen LogP contribution is -2.49. The summed E-state index contributed by atoms with van der Waals surface area (Å²) in [5.41, 5.74) is 3.38. The number of hydrogen-bond acceptors (Lipinski definition) is 6. The second kappa shape index (κ2) is 9.89. The number of hydrogen-bond donors (Lipinski definition) is 1. The minimum absolute atomic E-state index is 0.232. The van der Waals surface area contributed by atoms with Crippen LogP contribution < -0.4 is 10.2 Å². The molecule has 1 aliphatic rings. The zero-order chi connectivity index (χ0) is 20.8. The normalized spacial score (nSPS) is 15.6. The van der Waals surface area contributed by atoms with Crippen molar-refractivity contribution in [2.45, 2.75) is 33.4 Å². The Morgan fingerprint density at radius 1 is 1.24 bits per heavy atom. The summed E-state index contributed by atoms with van der Waals surface area (Å²) < 4.78 is 10.4. The first-order chi connectivity index (χ1) is 14.0. The summed E-state index contributed by atoms with van der Waals surface area (Å²) in [5, 5.41) is 4.67. The molecule has 0 saturated carbocycles. The number of methoxy groups -OCH3 is 1. The number of anilines is 1. The highest BCUT2D eigenvalue weighted by Gasteiger charge is 2.24. The maximum absolute atomic E-state index is 12.0. The van der Waals surface area contributed by atoms with Gasteiger partial charge in [-0.25, -0.2) is 9.78 Å². The molecular weight excluding hydrogens is 368 g/mol. The number of rotatable bonds is 7. The van der Waals surface area contributed by atoms with Crippen LogP contribution in [0.4, 0.5) is 10.6 Å². The number of ether oxygens (including phenoxy) is 2. The van der Waals surface area contributed by atoms with E-state index in [0.717, 1.165) is 41.9 Å². The summed E-state index contributed by atoms with van der Waals surface area (Å²) in [6, 6.07) is 8.83. The number of carbonyl (C=O) groups excluding carboxylic acids is 1. The van der Waals surface area contributed by atoms with Gasteiger partial charge in [-0.2, -0.15) is 0 Å². The van der Waals surface area contributed by atoms with Gasteiger partial charge < -0.3 is 24.6 Å². The summed E-state index contributed by atoms with van der Waals surface area (Å²) in [6.45, 7) is 10.6. The van der Waals surface area contributed by atoms with Gasteiger partial charge in [0.05, 0.1) is 18.7 Å². The maximum Gasteiger partial charge on any atom is 0.409 e. The number of aryl methyl sites for hydroxylation is 1. The molecule has 1 amide bonds. The molecule has 29 heavy (non-hydrogen) atoms. The molecular formula is C22H32N4O3. The smallest absolute Gasteiger partial charge is 0.409 e. The fourth-order valence-electron chi connectivity index (χ4n) is 3.64. The van der Waals surface area contributed by atoms with E-state index in [-0.39, 0.29) is 12.1 Å². The van der Waals surface area contributed by atoms with Crippen molar-refractivity contribution in [2.75, 3.05) is 51.4 Å². The Kier molecular flexibility index (Phi) is 7.28. The molecule has 0 spiro atoms. The van der Waals surface area contributed by atoms with E-state index in [1.54, 1.807) is 12.0 Å². The van der Waals surface area contributed by atoms with Crippen LogP contribution in [0.15, 0.2) is 24.3 Å². The lowest BCUT2D eigenvalue weighted by atomic mass is 10.1. The molecule has 1 saturated heterocycles. The Labute approximate surface area is 173 Å². The largest absolute Gasteiger partial charge is 0.450 e. The quantitative estimate of drug-likeness (QED) is 0.771. The lowest BCUT2D eigenvalue weighted by molar-refractivity contribution is 0.105. The first-order valence-electron chi connectivity index (χ1n) is 10.3. The maximum atomic E-state index is 12.0. The Morgan fingerprint density at radius 2 is 2.00 bits per heavy atom. The third-order valence-corrected chi connectivity index (χ3v) is 5.19. The molecule has 1 aliphatic heterocycles. The predicted octanol–water partition coefficient (Wildman–Crippen LogP) is 2.95. The Balaban J connectivity index is 1.82. The Morgan fingerprint density at radius 3 is 2.69 bits per heavy atom. The first kappa shape index (κ1) is 21.3. The molecule has 0 radical (unpaired) electrons. The van der Waals surface area contributed by atoms with Gasteiger partial charge in [-0.1, -0.05) is 11.6 Å². The van der Waals surface area contributed by atoms with Gasteiger partial charge in [0.2, 0.25) is 0 Å². The fourth-order valence-corrected chi connectivity index (χ4v) is 3.64. The Hall–Kier alpha value is -2.38. The van der Waals surface area contributed by atoms with E-state index >= 15 is 0 Å². The van der Waals surface area contributed by atoms with E-state index < -0.39 is 0 Å². The molecule has 1 N–H and O–H groups in total. The van der Waals surface area contributed by atoms with E-state index in [1.165, 1.54) is 5.56 Å². The van der Waals surface area contributed by atoms with E-state index in [2.05, 4.69) is 48.3 Å². The van der Waals surface area contributed by atoms with Crippen LogP contribution in [0.1, 0.15) is 25.0 Å². The van der Waals surface area contributed by atoms with Gasteiger partial charge in [0, 0.05) is 56.8 Å². The van der Waals surface area contributed by atoms with Crippen LogP contribution in [0.2, 0.25) is 0 Å².